The average Bonchev–Trinajstić information content (AvgIpc) is 3.07. The summed E-state index contributed by atoms with van der Waals surface area (Å²) in [6, 6.07) is 4.90. The molecule has 1 fully saturated rings. The van der Waals surface area contributed by atoms with Crippen molar-refractivity contribution in [2.45, 2.75) is 38.4 Å². The van der Waals surface area contributed by atoms with Gasteiger partial charge in [-0.2, -0.15) is 0 Å². The number of pyridine rings is 1. The molecule has 0 bridgehead atoms. The van der Waals surface area contributed by atoms with Crippen LogP contribution in [0.5, 0.6) is 0 Å². The van der Waals surface area contributed by atoms with E-state index in [0.717, 1.165) is 26.1 Å². The van der Waals surface area contributed by atoms with Gasteiger partial charge in [-0.3, -0.25) is 9.88 Å². The van der Waals surface area contributed by atoms with E-state index < -0.39 is 0 Å². The number of hydrogen-bond donors (Lipinski definition) is 1. The molecular weight excluding hydrogens is 274 g/mol. The molecule has 22 heavy (non-hydrogen) atoms. The Bertz CT molecular complexity index is 517. The summed E-state index contributed by atoms with van der Waals surface area (Å²) >= 11 is 0. The third-order valence-corrected chi connectivity index (χ3v) is 4.33. The molecule has 1 N–H and O–H groups in total. The van der Waals surface area contributed by atoms with Crippen LogP contribution in [0.25, 0.3) is 0 Å². The third-order valence-electron chi connectivity index (χ3n) is 4.33. The fraction of sp³-hybridized carbons (Fsp3) is 0.529. The minimum atomic E-state index is 0.677. The molecule has 0 saturated carbocycles. The van der Waals surface area contributed by atoms with Crippen molar-refractivity contribution in [1.29, 1.82) is 0 Å². The third kappa shape index (κ3) is 4.64. The highest BCUT2D eigenvalue weighted by Crippen LogP contribution is 2.13. The second kappa shape index (κ2) is 8.06. The molecule has 1 aliphatic heterocycles. The summed E-state index contributed by atoms with van der Waals surface area (Å²) in [5.41, 5.74) is 1.36. The fourth-order valence-electron chi connectivity index (χ4n) is 3.03. The van der Waals surface area contributed by atoms with Crippen LogP contribution in [0.2, 0.25) is 0 Å². The summed E-state index contributed by atoms with van der Waals surface area (Å²) in [6.45, 7) is 5.56. The minimum absolute atomic E-state index is 0.677. The first-order valence-electron chi connectivity index (χ1n) is 8.20. The van der Waals surface area contributed by atoms with Crippen molar-refractivity contribution >= 4 is 0 Å². The van der Waals surface area contributed by atoms with Crippen molar-refractivity contribution in [3.8, 4) is 0 Å². The Labute approximate surface area is 132 Å². The zero-order chi connectivity index (χ0) is 15.0. The zero-order valence-electron chi connectivity index (χ0n) is 13.1. The number of nitrogens with zero attached hydrogens (tertiary/aromatic N) is 4. The molecule has 118 valence electrons. The van der Waals surface area contributed by atoms with E-state index in [4.69, 9.17) is 0 Å². The Morgan fingerprint density at radius 3 is 2.64 bits per heavy atom. The summed E-state index contributed by atoms with van der Waals surface area (Å²) in [4.78, 5) is 10.7. The van der Waals surface area contributed by atoms with Crippen LogP contribution >= 0.6 is 0 Å². The van der Waals surface area contributed by atoms with Crippen LogP contribution in [0.4, 0.5) is 0 Å². The standard InChI is InChI=1S/C17H25N5/c1(10-22-13-9-19-15-22)6-20-17-4-11-21(12-5-17)14-16-2-7-18-8-3-16/h2-3,7-9,13,15,17,20H,1,4-6,10-12,14H2. The smallest absolute Gasteiger partial charge is 0.0945 e. The summed E-state index contributed by atoms with van der Waals surface area (Å²) in [5, 5.41) is 3.70. The van der Waals surface area contributed by atoms with E-state index in [1.807, 2.05) is 31.1 Å². The Morgan fingerprint density at radius 1 is 1.09 bits per heavy atom. The second-order valence-corrected chi connectivity index (χ2v) is 6.01. The summed E-state index contributed by atoms with van der Waals surface area (Å²) < 4.78 is 2.14. The molecule has 1 aliphatic rings. The van der Waals surface area contributed by atoms with Gasteiger partial charge in [-0.25, -0.2) is 4.98 Å². The van der Waals surface area contributed by atoms with Crippen molar-refractivity contribution in [2.75, 3.05) is 19.6 Å². The molecule has 2 aromatic heterocycles. The summed E-state index contributed by atoms with van der Waals surface area (Å²) in [7, 11) is 0. The lowest BCUT2D eigenvalue weighted by molar-refractivity contribution is 0.190. The van der Waals surface area contributed by atoms with Crippen LogP contribution in [0.15, 0.2) is 43.2 Å². The van der Waals surface area contributed by atoms with Gasteiger partial charge < -0.3 is 9.88 Å². The largest absolute Gasteiger partial charge is 0.337 e. The molecule has 1 saturated heterocycles. The number of aromatic nitrogens is 3. The lowest BCUT2D eigenvalue weighted by Gasteiger charge is -2.32. The molecule has 5 nitrogen and oxygen atoms in total. The van der Waals surface area contributed by atoms with Gasteiger partial charge in [0.1, 0.15) is 0 Å². The lowest BCUT2D eigenvalue weighted by atomic mass is 10.0. The summed E-state index contributed by atoms with van der Waals surface area (Å²) in [6.07, 6.45) is 13.2. The fourth-order valence-corrected chi connectivity index (χ4v) is 3.03. The number of likely N-dealkylation sites (tertiary alicyclic amines) is 1. The van der Waals surface area contributed by atoms with E-state index in [9.17, 15) is 0 Å². The first-order chi connectivity index (χ1) is 10.9. The molecule has 2 aromatic rings. The van der Waals surface area contributed by atoms with E-state index >= 15 is 0 Å². The SMILES string of the molecule is c1cc(CN2CCC(NCCCn3ccnc3)CC2)ccn1. The van der Waals surface area contributed by atoms with Crippen LogP contribution in [-0.4, -0.2) is 45.1 Å². The number of nitrogens with one attached hydrogen (secondary N) is 1. The molecule has 3 heterocycles. The van der Waals surface area contributed by atoms with Crippen LogP contribution in [0, 0.1) is 0 Å². The number of aryl methyl sites for hydroxylation is 1. The van der Waals surface area contributed by atoms with Gasteiger partial charge in [0.25, 0.3) is 0 Å². The quantitative estimate of drug-likeness (QED) is 0.794. The number of piperidine rings is 1. The van der Waals surface area contributed by atoms with E-state index in [2.05, 4.69) is 36.9 Å². The topological polar surface area (TPSA) is 46.0 Å². The van der Waals surface area contributed by atoms with Gasteiger partial charge >= 0.3 is 0 Å². The molecule has 0 aromatic carbocycles. The Kier molecular flexibility index (Phi) is 5.56. The molecule has 0 amide bonds. The second-order valence-electron chi connectivity index (χ2n) is 6.01. The van der Waals surface area contributed by atoms with Gasteiger partial charge in [0.05, 0.1) is 6.33 Å². The van der Waals surface area contributed by atoms with Gasteiger partial charge in [-0.1, -0.05) is 0 Å². The van der Waals surface area contributed by atoms with Crippen molar-refractivity contribution < 1.29 is 0 Å². The summed E-state index contributed by atoms with van der Waals surface area (Å²) in [5.74, 6) is 0. The first kappa shape index (κ1) is 15.2. The molecule has 0 radical (unpaired) electrons. The Morgan fingerprint density at radius 2 is 1.91 bits per heavy atom. The van der Waals surface area contributed by atoms with Gasteiger partial charge in [-0.15, -0.1) is 0 Å². The van der Waals surface area contributed by atoms with Gasteiger partial charge in [0, 0.05) is 43.9 Å². The van der Waals surface area contributed by atoms with Gasteiger partial charge in [-0.05, 0) is 56.6 Å². The molecule has 0 aliphatic carbocycles. The zero-order valence-corrected chi connectivity index (χ0v) is 13.1. The maximum Gasteiger partial charge on any atom is 0.0945 e. The van der Waals surface area contributed by atoms with Gasteiger partial charge in [0.2, 0.25) is 0 Å². The Balaban J connectivity index is 1.30. The molecular formula is C17H25N5. The molecule has 0 unspecified atom stereocenters. The van der Waals surface area contributed by atoms with E-state index in [0.29, 0.717) is 6.04 Å². The highest BCUT2D eigenvalue weighted by Gasteiger charge is 2.18. The maximum atomic E-state index is 4.08. The van der Waals surface area contributed by atoms with E-state index in [-0.39, 0.29) is 0 Å². The molecule has 0 atom stereocenters. The maximum absolute atomic E-state index is 4.08. The van der Waals surface area contributed by atoms with Crippen molar-refractivity contribution in [1.82, 2.24) is 24.8 Å². The van der Waals surface area contributed by atoms with Crippen molar-refractivity contribution in [2.24, 2.45) is 0 Å². The minimum Gasteiger partial charge on any atom is -0.337 e. The Hall–Kier alpha value is -1.72. The number of hydrogen-bond acceptors (Lipinski definition) is 4. The molecule has 3 rings (SSSR count). The average molecular weight is 299 g/mol. The predicted octanol–water partition coefficient (Wildman–Crippen LogP) is 1.92. The predicted molar refractivity (Wildman–Crippen MR) is 87.4 cm³/mol. The lowest BCUT2D eigenvalue weighted by Crippen LogP contribution is -2.42. The number of rotatable bonds is 7. The van der Waals surface area contributed by atoms with Crippen molar-refractivity contribution in [3.05, 3.63) is 48.8 Å². The van der Waals surface area contributed by atoms with E-state index in [1.165, 1.54) is 31.5 Å². The highest BCUT2D eigenvalue weighted by atomic mass is 15.1. The first-order valence-corrected chi connectivity index (χ1v) is 8.20. The van der Waals surface area contributed by atoms with Crippen LogP contribution in [-0.2, 0) is 13.1 Å². The van der Waals surface area contributed by atoms with Crippen LogP contribution < -0.4 is 5.32 Å². The van der Waals surface area contributed by atoms with E-state index in [1.54, 1.807) is 0 Å². The monoisotopic (exact) mass is 299 g/mol. The normalized spacial score (nSPS) is 16.9. The highest BCUT2D eigenvalue weighted by molar-refractivity contribution is 5.09. The van der Waals surface area contributed by atoms with Crippen LogP contribution in [0.1, 0.15) is 24.8 Å². The van der Waals surface area contributed by atoms with Crippen LogP contribution in [0.3, 0.4) is 0 Å². The van der Waals surface area contributed by atoms with Gasteiger partial charge in [0.15, 0.2) is 0 Å². The molecule has 0 spiro atoms. The molecule has 5 heteroatoms. The van der Waals surface area contributed by atoms with Crippen molar-refractivity contribution in [3.63, 3.8) is 0 Å². The number of imidazole rings is 1.